The van der Waals surface area contributed by atoms with E-state index in [2.05, 4.69) is 4.99 Å². The third-order valence-corrected chi connectivity index (χ3v) is 3.96. The first-order chi connectivity index (χ1) is 8.75. The van der Waals surface area contributed by atoms with E-state index < -0.39 is 0 Å². The molecular formula is C13H12N2O2S. The van der Waals surface area contributed by atoms with Crippen molar-refractivity contribution in [3.8, 4) is 5.75 Å². The van der Waals surface area contributed by atoms with Gasteiger partial charge in [-0.1, -0.05) is 30.0 Å². The molecule has 0 atom stereocenters. The molecule has 0 aliphatic carbocycles. The maximum atomic E-state index is 12.1. The number of amides is 1. The Morgan fingerprint density at radius 1 is 1.39 bits per heavy atom. The van der Waals surface area contributed by atoms with Crippen molar-refractivity contribution < 1.29 is 9.90 Å². The monoisotopic (exact) mass is 260 g/mol. The van der Waals surface area contributed by atoms with Crippen LogP contribution < -0.4 is 0 Å². The summed E-state index contributed by atoms with van der Waals surface area (Å²) in [4.78, 5) is 18.1. The van der Waals surface area contributed by atoms with Gasteiger partial charge >= 0.3 is 0 Å². The quantitative estimate of drug-likeness (QED) is 0.786. The molecule has 1 aromatic carbocycles. The molecule has 2 heterocycles. The summed E-state index contributed by atoms with van der Waals surface area (Å²) in [5.41, 5.74) is 1.02. The molecule has 0 bridgehead atoms. The minimum atomic E-state index is -0.0690. The van der Waals surface area contributed by atoms with E-state index in [9.17, 15) is 9.90 Å². The highest BCUT2D eigenvalue weighted by molar-refractivity contribution is 8.13. The van der Waals surface area contributed by atoms with Crippen molar-refractivity contribution >= 4 is 28.9 Å². The first-order valence-corrected chi connectivity index (χ1v) is 6.77. The molecule has 18 heavy (non-hydrogen) atoms. The lowest BCUT2D eigenvalue weighted by Gasteiger charge is -2.21. The number of amidine groups is 1. The fourth-order valence-corrected chi connectivity index (χ4v) is 2.93. The van der Waals surface area contributed by atoms with Gasteiger partial charge in [0.25, 0.3) is 5.91 Å². The first kappa shape index (κ1) is 11.3. The molecular weight excluding hydrogens is 248 g/mol. The summed E-state index contributed by atoms with van der Waals surface area (Å²) >= 11 is 1.61. The highest BCUT2D eigenvalue weighted by Gasteiger charge is 2.32. The Bertz CT molecular complexity index is 566. The van der Waals surface area contributed by atoms with E-state index in [1.54, 1.807) is 40.9 Å². The van der Waals surface area contributed by atoms with Crippen LogP contribution in [-0.4, -0.2) is 33.4 Å². The van der Waals surface area contributed by atoms with Crippen LogP contribution in [0.25, 0.3) is 6.08 Å². The van der Waals surface area contributed by atoms with Crippen molar-refractivity contribution in [3.05, 3.63) is 35.5 Å². The number of aromatic hydroxyl groups is 1. The van der Waals surface area contributed by atoms with Crippen molar-refractivity contribution in [1.82, 2.24) is 4.90 Å². The molecule has 0 spiro atoms. The second-order valence-electron chi connectivity index (χ2n) is 4.14. The SMILES string of the molecule is O=C1/C(=C/c2ccccc2O)N=C2SCCCN12. The zero-order valence-corrected chi connectivity index (χ0v) is 10.5. The summed E-state index contributed by atoms with van der Waals surface area (Å²) in [5, 5.41) is 10.5. The van der Waals surface area contributed by atoms with Gasteiger partial charge in [-0.25, -0.2) is 4.99 Å². The Labute approximate surface area is 109 Å². The normalized spacial score (nSPS) is 21.1. The fraction of sp³-hybridized carbons (Fsp3) is 0.231. The number of fused-ring (bicyclic) bond motifs is 1. The van der Waals surface area contributed by atoms with Crippen molar-refractivity contribution in [1.29, 1.82) is 0 Å². The molecule has 1 aromatic rings. The topological polar surface area (TPSA) is 52.9 Å². The molecule has 3 rings (SSSR count). The molecule has 1 fully saturated rings. The smallest absolute Gasteiger partial charge is 0.278 e. The number of rotatable bonds is 1. The van der Waals surface area contributed by atoms with E-state index in [1.807, 2.05) is 6.07 Å². The van der Waals surface area contributed by atoms with Crippen molar-refractivity contribution in [3.63, 3.8) is 0 Å². The second kappa shape index (κ2) is 4.49. The number of carbonyl (C=O) groups is 1. The Morgan fingerprint density at radius 3 is 3.00 bits per heavy atom. The molecule has 1 amide bonds. The largest absolute Gasteiger partial charge is 0.507 e. The highest BCUT2D eigenvalue weighted by atomic mass is 32.2. The highest BCUT2D eigenvalue weighted by Crippen LogP contribution is 2.29. The van der Waals surface area contributed by atoms with Gasteiger partial charge in [0, 0.05) is 17.9 Å². The van der Waals surface area contributed by atoms with Crippen LogP contribution in [0.1, 0.15) is 12.0 Å². The number of phenols is 1. The van der Waals surface area contributed by atoms with Crippen LogP contribution in [0.2, 0.25) is 0 Å². The van der Waals surface area contributed by atoms with Crippen LogP contribution in [0.3, 0.4) is 0 Å². The predicted octanol–water partition coefficient (Wildman–Crippen LogP) is 2.07. The standard InChI is InChI=1S/C13H12N2O2S/c16-11-5-2-1-4-9(11)8-10-12(17)15-6-3-7-18-13(15)14-10/h1-2,4-5,8,16H,3,6-7H2/b10-8-. The first-order valence-electron chi connectivity index (χ1n) is 5.79. The minimum Gasteiger partial charge on any atom is -0.507 e. The molecule has 1 saturated heterocycles. The molecule has 4 nitrogen and oxygen atoms in total. The van der Waals surface area contributed by atoms with E-state index in [0.717, 1.165) is 23.9 Å². The van der Waals surface area contributed by atoms with Gasteiger partial charge in [0.05, 0.1) is 0 Å². The van der Waals surface area contributed by atoms with E-state index in [0.29, 0.717) is 11.3 Å². The van der Waals surface area contributed by atoms with E-state index >= 15 is 0 Å². The minimum absolute atomic E-state index is 0.0690. The van der Waals surface area contributed by atoms with Gasteiger partial charge in [0.2, 0.25) is 0 Å². The predicted molar refractivity (Wildman–Crippen MR) is 72.3 cm³/mol. The number of carbonyl (C=O) groups excluding carboxylic acids is 1. The van der Waals surface area contributed by atoms with Gasteiger partial charge in [-0.15, -0.1) is 0 Å². The maximum absolute atomic E-state index is 12.1. The lowest BCUT2D eigenvalue weighted by Crippen LogP contribution is -2.34. The van der Waals surface area contributed by atoms with Crippen molar-refractivity contribution in [2.75, 3.05) is 12.3 Å². The zero-order valence-electron chi connectivity index (χ0n) is 9.67. The molecule has 2 aliphatic heterocycles. The van der Waals surface area contributed by atoms with Crippen molar-refractivity contribution in [2.45, 2.75) is 6.42 Å². The lowest BCUT2D eigenvalue weighted by molar-refractivity contribution is -0.122. The number of hydrogen-bond donors (Lipinski definition) is 1. The number of para-hydroxylation sites is 1. The number of nitrogens with zero attached hydrogens (tertiary/aromatic N) is 2. The van der Waals surface area contributed by atoms with Crippen LogP contribution in [-0.2, 0) is 4.79 Å². The van der Waals surface area contributed by atoms with Crippen LogP contribution in [0.5, 0.6) is 5.75 Å². The zero-order chi connectivity index (χ0) is 12.5. The van der Waals surface area contributed by atoms with Crippen LogP contribution in [0.15, 0.2) is 35.0 Å². The Morgan fingerprint density at radius 2 is 2.22 bits per heavy atom. The molecule has 2 aliphatic rings. The number of phenolic OH excluding ortho intramolecular Hbond substituents is 1. The van der Waals surface area contributed by atoms with Gasteiger partial charge in [-0.2, -0.15) is 0 Å². The molecule has 0 aromatic heterocycles. The average molecular weight is 260 g/mol. The summed E-state index contributed by atoms with van der Waals surface area (Å²) in [7, 11) is 0. The van der Waals surface area contributed by atoms with E-state index in [1.165, 1.54) is 0 Å². The molecule has 0 saturated carbocycles. The second-order valence-corrected chi connectivity index (χ2v) is 5.20. The number of benzene rings is 1. The summed E-state index contributed by atoms with van der Waals surface area (Å²) < 4.78 is 0. The summed E-state index contributed by atoms with van der Waals surface area (Å²) in [6.45, 7) is 0.739. The van der Waals surface area contributed by atoms with Gasteiger partial charge in [-0.3, -0.25) is 9.69 Å². The van der Waals surface area contributed by atoms with Crippen LogP contribution in [0, 0.1) is 0 Å². The van der Waals surface area contributed by atoms with Crippen LogP contribution in [0.4, 0.5) is 0 Å². The van der Waals surface area contributed by atoms with Gasteiger partial charge < -0.3 is 5.11 Å². The number of aliphatic imine (C=N–C) groups is 1. The summed E-state index contributed by atoms with van der Waals surface area (Å²) in [6, 6.07) is 6.93. The van der Waals surface area contributed by atoms with Crippen LogP contribution >= 0.6 is 11.8 Å². The number of hydrogen-bond acceptors (Lipinski definition) is 4. The third-order valence-electron chi connectivity index (χ3n) is 2.90. The summed E-state index contributed by atoms with van der Waals surface area (Å²) in [5.74, 6) is 1.10. The van der Waals surface area contributed by atoms with E-state index in [-0.39, 0.29) is 11.7 Å². The Balaban J connectivity index is 1.96. The summed E-state index contributed by atoms with van der Waals surface area (Å²) in [6.07, 6.45) is 2.64. The molecule has 1 N–H and O–H groups in total. The molecule has 0 unspecified atom stereocenters. The number of thioether (sulfide) groups is 1. The fourth-order valence-electron chi connectivity index (χ4n) is 1.98. The van der Waals surface area contributed by atoms with Gasteiger partial charge in [-0.05, 0) is 18.6 Å². The third kappa shape index (κ3) is 1.90. The average Bonchev–Trinajstić information content (AvgIpc) is 2.70. The van der Waals surface area contributed by atoms with Crippen molar-refractivity contribution in [2.24, 2.45) is 4.99 Å². The molecule has 92 valence electrons. The van der Waals surface area contributed by atoms with E-state index in [4.69, 9.17) is 0 Å². The molecule has 5 heteroatoms. The van der Waals surface area contributed by atoms with Gasteiger partial charge in [0.1, 0.15) is 11.4 Å². The van der Waals surface area contributed by atoms with Gasteiger partial charge in [0.15, 0.2) is 5.17 Å². The molecule has 0 radical (unpaired) electrons. The Hall–Kier alpha value is -1.75. The lowest BCUT2D eigenvalue weighted by atomic mass is 10.1. The maximum Gasteiger partial charge on any atom is 0.278 e. The Kier molecular flexibility index (Phi) is 2.83.